The van der Waals surface area contributed by atoms with Crippen molar-refractivity contribution in [2.24, 2.45) is 0 Å². The molecule has 0 aliphatic carbocycles. The van der Waals surface area contributed by atoms with Gasteiger partial charge in [-0.2, -0.15) is 0 Å². The molecule has 2 fully saturated rings. The molecule has 2 aliphatic heterocycles. The molecule has 1 amide bonds. The number of hydrogen-bond acceptors (Lipinski definition) is 4. The Morgan fingerprint density at radius 3 is 2.95 bits per heavy atom. The van der Waals surface area contributed by atoms with Gasteiger partial charge in [0.1, 0.15) is 0 Å². The Morgan fingerprint density at radius 2 is 2.21 bits per heavy atom. The number of carbonyl (C=O) groups excluding carboxylic acids is 1. The van der Waals surface area contributed by atoms with Gasteiger partial charge >= 0.3 is 0 Å². The lowest BCUT2D eigenvalue weighted by atomic mass is 10.1. The molecule has 102 valence electrons. The van der Waals surface area contributed by atoms with Gasteiger partial charge in [-0.1, -0.05) is 18.2 Å². The minimum atomic E-state index is -0.0140. The van der Waals surface area contributed by atoms with Crippen molar-refractivity contribution in [2.45, 2.75) is 18.5 Å². The van der Waals surface area contributed by atoms with Gasteiger partial charge in [0.15, 0.2) is 0 Å². The van der Waals surface area contributed by atoms with Crippen LogP contribution in [-0.4, -0.2) is 47.6 Å². The summed E-state index contributed by atoms with van der Waals surface area (Å²) in [6.07, 6.45) is 0.870. The molecule has 19 heavy (non-hydrogen) atoms. The lowest BCUT2D eigenvalue weighted by Crippen LogP contribution is -2.42. The fourth-order valence-corrected chi connectivity index (χ4v) is 3.57. The molecule has 2 atom stereocenters. The van der Waals surface area contributed by atoms with Gasteiger partial charge in [0.2, 0.25) is 5.91 Å². The molecule has 0 bridgehead atoms. The van der Waals surface area contributed by atoms with Crippen molar-refractivity contribution >= 4 is 23.4 Å². The fraction of sp³-hybridized carbons (Fsp3) is 0.500. The first-order valence-corrected chi connectivity index (χ1v) is 7.90. The first-order valence-electron chi connectivity index (χ1n) is 6.74. The third-order valence-electron chi connectivity index (χ3n) is 3.64. The van der Waals surface area contributed by atoms with Crippen molar-refractivity contribution < 1.29 is 4.79 Å². The van der Waals surface area contributed by atoms with Gasteiger partial charge in [0.25, 0.3) is 0 Å². The largest absolute Gasteiger partial charge is 0.381 e. The molecular weight excluding hydrogens is 258 g/mol. The topological polar surface area (TPSA) is 44.4 Å². The van der Waals surface area contributed by atoms with E-state index in [2.05, 4.69) is 22.8 Å². The standard InChI is InChI=1S/C14H19N3OS/c18-14(17-6-7-19-10-17)13-8-12(9-15-13)16-11-4-2-1-3-5-11/h1-5,12-13,15-16H,6-10H2. The first-order chi connectivity index (χ1) is 9.33. The van der Waals surface area contributed by atoms with E-state index < -0.39 is 0 Å². The average molecular weight is 277 g/mol. The molecule has 1 aromatic carbocycles. The van der Waals surface area contributed by atoms with Crippen molar-refractivity contribution in [1.29, 1.82) is 0 Å². The van der Waals surface area contributed by atoms with Crippen LogP contribution in [0.4, 0.5) is 5.69 Å². The Balaban J connectivity index is 1.53. The maximum Gasteiger partial charge on any atom is 0.240 e. The van der Waals surface area contributed by atoms with E-state index >= 15 is 0 Å². The van der Waals surface area contributed by atoms with E-state index in [9.17, 15) is 4.79 Å². The van der Waals surface area contributed by atoms with Crippen molar-refractivity contribution in [3.05, 3.63) is 30.3 Å². The quantitative estimate of drug-likeness (QED) is 0.876. The predicted octanol–water partition coefficient (Wildman–Crippen LogP) is 1.36. The smallest absolute Gasteiger partial charge is 0.240 e. The van der Waals surface area contributed by atoms with Gasteiger partial charge < -0.3 is 15.5 Å². The van der Waals surface area contributed by atoms with Crippen LogP contribution >= 0.6 is 11.8 Å². The Kier molecular flexibility index (Phi) is 3.94. The molecule has 2 saturated heterocycles. The van der Waals surface area contributed by atoms with Gasteiger partial charge in [-0.25, -0.2) is 0 Å². The Morgan fingerprint density at radius 1 is 1.37 bits per heavy atom. The summed E-state index contributed by atoms with van der Waals surface area (Å²) in [5.74, 6) is 2.19. The maximum absolute atomic E-state index is 12.3. The van der Waals surface area contributed by atoms with Crippen LogP contribution in [-0.2, 0) is 4.79 Å². The second-order valence-corrected chi connectivity index (χ2v) is 6.12. The van der Waals surface area contributed by atoms with Gasteiger partial charge in [-0.15, -0.1) is 11.8 Å². The summed E-state index contributed by atoms with van der Waals surface area (Å²) in [4.78, 5) is 14.2. The number of thioether (sulfide) groups is 1. The zero-order valence-electron chi connectivity index (χ0n) is 10.8. The van der Waals surface area contributed by atoms with Crippen molar-refractivity contribution in [1.82, 2.24) is 10.2 Å². The lowest BCUT2D eigenvalue weighted by molar-refractivity contribution is -0.131. The Bertz CT molecular complexity index is 434. The summed E-state index contributed by atoms with van der Waals surface area (Å²) >= 11 is 1.83. The van der Waals surface area contributed by atoms with Crippen LogP contribution in [0.3, 0.4) is 0 Å². The van der Waals surface area contributed by atoms with Gasteiger partial charge in [-0.05, 0) is 18.6 Å². The third-order valence-corrected chi connectivity index (χ3v) is 4.60. The van der Waals surface area contributed by atoms with Gasteiger partial charge in [-0.3, -0.25) is 4.79 Å². The molecule has 3 rings (SSSR count). The van der Waals surface area contributed by atoms with E-state index in [4.69, 9.17) is 0 Å². The summed E-state index contributed by atoms with van der Waals surface area (Å²) in [5, 5.41) is 6.82. The molecule has 5 heteroatoms. The number of nitrogens with one attached hydrogen (secondary N) is 2. The number of rotatable bonds is 3. The summed E-state index contributed by atoms with van der Waals surface area (Å²) < 4.78 is 0. The zero-order valence-corrected chi connectivity index (χ0v) is 11.7. The molecule has 1 aromatic rings. The zero-order chi connectivity index (χ0) is 13.1. The van der Waals surface area contributed by atoms with Crippen LogP contribution < -0.4 is 10.6 Å². The number of nitrogens with zero attached hydrogens (tertiary/aromatic N) is 1. The second-order valence-electron chi connectivity index (χ2n) is 5.04. The molecule has 4 nitrogen and oxygen atoms in total. The van der Waals surface area contributed by atoms with E-state index in [1.807, 2.05) is 34.9 Å². The number of para-hydroxylation sites is 1. The van der Waals surface area contributed by atoms with Gasteiger partial charge in [0.05, 0.1) is 11.9 Å². The average Bonchev–Trinajstić information content (AvgIpc) is 3.10. The predicted molar refractivity (Wildman–Crippen MR) is 79.3 cm³/mol. The van der Waals surface area contributed by atoms with Crippen LogP contribution in [0, 0.1) is 0 Å². The van der Waals surface area contributed by atoms with E-state index in [1.54, 1.807) is 0 Å². The minimum Gasteiger partial charge on any atom is -0.381 e. The van der Waals surface area contributed by atoms with Crippen LogP contribution in [0.5, 0.6) is 0 Å². The highest BCUT2D eigenvalue weighted by molar-refractivity contribution is 7.99. The first kappa shape index (κ1) is 12.8. The van der Waals surface area contributed by atoms with Crippen LogP contribution in [0.15, 0.2) is 30.3 Å². The Labute approximate surface area is 117 Å². The van der Waals surface area contributed by atoms with E-state index in [1.165, 1.54) is 0 Å². The molecule has 0 aromatic heterocycles. The van der Waals surface area contributed by atoms with Crippen molar-refractivity contribution in [3.63, 3.8) is 0 Å². The van der Waals surface area contributed by atoms with E-state index in [-0.39, 0.29) is 11.9 Å². The summed E-state index contributed by atoms with van der Waals surface area (Å²) in [6.45, 7) is 1.75. The highest BCUT2D eigenvalue weighted by Gasteiger charge is 2.33. The highest BCUT2D eigenvalue weighted by Crippen LogP contribution is 2.19. The fourth-order valence-electron chi connectivity index (χ4n) is 2.61. The van der Waals surface area contributed by atoms with E-state index in [0.29, 0.717) is 6.04 Å². The Hall–Kier alpha value is -1.20. The molecule has 0 spiro atoms. The third kappa shape index (κ3) is 3.04. The number of carbonyl (C=O) groups is 1. The summed E-state index contributed by atoms with van der Waals surface area (Å²) in [7, 11) is 0. The normalized spacial score (nSPS) is 26.6. The molecule has 2 unspecified atom stereocenters. The molecular formula is C14H19N3OS. The monoisotopic (exact) mass is 277 g/mol. The lowest BCUT2D eigenvalue weighted by Gasteiger charge is -2.19. The molecule has 0 radical (unpaired) electrons. The maximum atomic E-state index is 12.3. The number of benzene rings is 1. The van der Waals surface area contributed by atoms with E-state index in [0.717, 1.165) is 36.8 Å². The summed E-state index contributed by atoms with van der Waals surface area (Å²) in [5.41, 5.74) is 1.12. The second kappa shape index (κ2) is 5.84. The molecule has 0 saturated carbocycles. The number of amides is 1. The van der Waals surface area contributed by atoms with Crippen LogP contribution in [0.1, 0.15) is 6.42 Å². The molecule has 2 aliphatic rings. The van der Waals surface area contributed by atoms with Crippen molar-refractivity contribution in [2.75, 3.05) is 30.0 Å². The number of hydrogen-bond donors (Lipinski definition) is 2. The van der Waals surface area contributed by atoms with Crippen LogP contribution in [0.25, 0.3) is 0 Å². The molecule has 2 N–H and O–H groups in total. The van der Waals surface area contributed by atoms with Crippen molar-refractivity contribution in [3.8, 4) is 0 Å². The highest BCUT2D eigenvalue weighted by atomic mass is 32.2. The van der Waals surface area contributed by atoms with Crippen LogP contribution in [0.2, 0.25) is 0 Å². The number of anilines is 1. The molecule has 2 heterocycles. The SMILES string of the molecule is O=C(C1CC(Nc2ccccc2)CN1)N1CCSC1. The summed E-state index contributed by atoms with van der Waals surface area (Å²) in [6, 6.07) is 10.5. The minimum absolute atomic E-state index is 0.0140. The van der Waals surface area contributed by atoms with Gasteiger partial charge in [0, 0.05) is 30.6 Å².